The highest BCUT2D eigenvalue weighted by Crippen LogP contribution is 2.38. The van der Waals surface area contributed by atoms with E-state index in [9.17, 15) is 0 Å². The summed E-state index contributed by atoms with van der Waals surface area (Å²) in [4.78, 5) is 26.2. The first kappa shape index (κ1) is 33.1. The fraction of sp³-hybridized carbons (Fsp3) is 0.0408. The van der Waals surface area contributed by atoms with Crippen molar-refractivity contribution in [2.75, 3.05) is 7.11 Å². The third-order valence-corrected chi connectivity index (χ3v) is 10.6. The smallest absolute Gasteiger partial charge is 0.118 e. The van der Waals surface area contributed by atoms with Crippen LogP contribution in [0.25, 0.3) is 85.3 Å². The zero-order valence-electron chi connectivity index (χ0n) is 30.8. The van der Waals surface area contributed by atoms with Gasteiger partial charge in [0.1, 0.15) is 5.75 Å². The average molecular weight is 725 g/mol. The number of allylic oxidation sites excluding steroid dienone is 2. The Labute approximate surface area is 323 Å². The molecule has 7 heteroatoms. The Hall–Kier alpha value is -7.51. The van der Waals surface area contributed by atoms with Crippen LogP contribution in [0.1, 0.15) is 39.6 Å². The molecule has 0 atom stereocenters. The van der Waals surface area contributed by atoms with Crippen molar-refractivity contribution < 1.29 is 4.74 Å². The van der Waals surface area contributed by atoms with Crippen molar-refractivity contribution in [3.8, 4) is 39.1 Å². The van der Waals surface area contributed by atoms with Crippen LogP contribution in [0.4, 0.5) is 0 Å². The molecule has 7 heterocycles. The second-order valence-electron chi connectivity index (χ2n) is 13.9. The van der Waals surface area contributed by atoms with Gasteiger partial charge in [-0.05, 0) is 120 Å². The Bertz CT molecular complexity index is 2960. The predicted octanol–water partition coefficient (Wildman–Crippen LogP) is 11.7. The van der Waals surface area contributed by atoms with Crippen molar-refractivity contribution >= 4 is 58.2 Å². The number of nitrogens with one attached hydrogen (secondary N) is 3. The van der Waals surface area contributed by atoms with Crippen LogP contribution in [0.15, 0.2) is 144 Å². The van der Waals surface area contributed by atoms with Gasteiger partial charge in [0.2, 0.25) is 0 Å². The minimum absolute atomic E-state index is 0.795. The fourth-order valence-corrected chi connectivity index (χ4v) is 7.80. The van der Waals surface area contributed by atoms with E-state index in [1.807, 2.05) is 48.8 Å². The molecule has 7 aromatic rings. The number of hydrogen-bond donors (Lipinski definition) is 3. The standard InChI is InChI=1S/C49H36N6O/c1-30-36-20-22-40(52-36)47(31-8-4-3-5-9-31)42-24-25-44(54-42)49(34-16-18-35(56-2)19-17-34)45-27-26-43(55-45)48(41-23-21-37(30)53-41)33-14-12-32(13-15-33)46(38-10-6-28-50-38)39-11-7-29-51-39/h3-29,50,53-54H,1-2H3/b36-30?,37-30?,46-39-,47-40?,47-42?,48-41?,48-43?,49-44?,49-45?. The highest BCUT2D eigenvalue weighted by molar-refractivity contribution is 5.98. The van der Waals surface area contributed by atoms with Gasteiger partial charge in [-0.15, -0.1) is 0 Å². The molecule has 3 aliphatic heterocycles. The summed E-state index contributed by atoms with van der Waals surface area (Å²) in [5.74, 6) is 0.795. The summed E-state index contributed by atoms with van der Waals surface area (Å²) in [6, 6.07) is 40.0. The summed E-state index contributed by atoms with van der Waals surface area (Å²) >= 11 is 0. The maximum absolute atomic E-state index is 5.54. The number of aromatic amines is 3. The number of nitrogens with zero attached hydrogens (tertiary/aromatic N) is 3. The largest absolute Gasteiger partial charge is 0.497 e. The van der Waals surface area contributed by atoms with Crippen molar-refractivity contribution in [3.05, 3.63) is 179 Å². The minimum Gasteiger partial charge on any atom is -0.497 e. The van der Waals surface area contributed by atoms with Crippen LogP contribution in [0.2, 0.25) is 0 Å². The second kappa shape index (κ2) is 13.7. The van der Waals surface area contributed by atoms with Gasteiger partial charge in [-0.3, -0.25) is 4.99 Å². The predicted molar refractivity (Wildman–Crippen MR) is 231 cm³/mol. The van der Waals surface area contributed by atoms with Gasteiger partial charge in [0.25, 0.3) is 0 Å². The molecular weight excluding hydrogens is 689 g/mol. The fourth-order valence-electron chi connectivity index (χ4n) is 7.80. The molecule has 0 amide bonds. The quantitative estimate of drug-likeness (QED) is 0.159. The molecule has 268 valence electrons. The first-order valence-electron chi connectivity index (χ1n) is 18.6. The number of aromatic nitrogens is 5. The Morgan fingerprint density at radius 3 is 1.66 bits per heavy atom. The van der Waals surface area contributed by atoms with E-state index in [0.29, 0.717) is 0 Å². The van der Waals surface area contributed by atoms with Crippen LogP contribution in [0.5, 0.6) is 5.75 Å². The Balaban J connectivity index is 1.26. The molecule has 3 aromatic carbocycles. The van der Waals surface area contributed by atoms with E-state index in [0.717, 1.165) is 112 Å². The van der Waals surface area contributed by atoms with Crippen molar-refractivity contribution in [2.24, 2.45) is 4.99 Å². The second-order valence-corrected chi connectivity index (χ2v) is 13.9. The van der Waals surface area contributed by atoms with E-state index in [-0.39, 0.29) is 0 Å². The van der Waals surface area contributed by atoms with Crippen LogP contribution >= 0.6 is 0 Å². The summed E-state index contributed by atoms with van der Waals surface area (Å²) in [6.07, 6.45) is 16.3. The zero-order chi connectivity index (χ0) is 37.6. The normalized spacial score (nSPS) is 13.8. The topological polar surface area (TPSA) is 94.7 Å². The summed E-state index contributed by atoms with van der Waals surface area (Å²) in [5.41, 5.74) is 18.7. The van der Waals surface area contributed by atoms with E-state index >= 15 is 0 Å². The van der Waals surface area contributed by atoms with Gasteiger partial charge in [-0.25, -0.2) is 9.97 Å². The molecule has 10 rings (SSSR count). The van der Waals surface area contributed by atoms with Crippen molar-refractivity contribution in [1.29, 1.82) is 0 Å². The molecule has 3 N–H and O–H groups in total. The van der Waals surface area contributed by atoms with Crippen LogP contribution in [-0.4, -0.2) is 38.2 Å². The lowest BCUT2D eigenvalue weighted by molar-refractivity contribution is 0.415. The van der Waals surface area contributed by atoms with E-state index in [4.69, 9.17) is 14.7 Å². The number of aliphatic imine (C=N–C) groups is 1. The summed E-state index contributed by atoms with van der Waals surface area (Å²) in [5, 5.41) is 0. The van der Waals surface area contributed by atoms with Gasteiger partial charge in [0, 0.05) is 62.4 Å². The average Bonchev–Trinajstić information content (AvgIpc) is 4.09. The first-order chi connectivity index (χ1) is 27.6. The maximum atomic E-state index is 5.54. The lowest BCUT2D eigenvalue weighted by Crippen LogP contribution is -1.93. The summed E-state index contributed by atoms with van der Waals surface area (Å²) in [7, 11) is 1.69. The van der Waals surface area contributed by atoms with Crippen molar-refractivity contribution in [3.63, 3.8) is 0 Å². The highest BCUT2D eigenvalue weighted by atomic mass is 16.5. The zero-order valence-corrected chi connectivity index (χ0v) is 30.8. The summed E-state index contributed by atoms with van der Waals surface area (Å²) in [6.45, 7) is 2.12. The van der Waals surface area contributed by atoms with Gasteiger partial charge >= 0.3 is 0 Å². The van der Waals surface area contributed by atoms with E-state index in [1.165, 1.54) is 0 Å². The minimum atomic E-state index is 0.795. The van der Waals surface area contributed by atoms with Gasteiger partial charge < -0.3 is 19.7 Å². The molecular formula is C49H36N6O. The number of benzene rings is 3. The lowest BCUT2D eigenvalue weighted by Gasteiger charge is -2.10. The number of aryl methyl sites for hydroxylation is 1. The number of fused-ring (bicyclic) bond motifs is 8. The molecule has 0 unspecified atom stereocenters. The molecule has 0 saturated carbocycles. The third kappa shape index (κ3) is 5.83. The first-order valence-corrected chi connectivity index (χ1v) is 18.6. The number of methoxy groups -OCH3 is 1. The van der Waals surface area contributed by atoms with Gasteiger partial charge in [0.05, 0.1) is 35.6 Å². The van der Waals surface area contributed by atoms with Crippen LogP contribution in [0, 0.1) is 6.92 Å². The van der Waals surface area contributed by atoms with E-state index < -0.39 is 0 Å². The Morgan fingerprint density at radius 1 is 0.536 bits per heavy atom. The Kier molecular flexibility index (Phi) is 8.11. The molecule has 0 aliphatic carbocycles. The molecule has 4 aromatic heterocycles. The molecule has 0 fully saturated rings. The molecule has 3 aliphatic rings. The highest BCUT2D eigenvalue weighted by Gasteiger charge is 2.19. The van der Waals surface area contributed by atoms with Gasteiger partial charge in [-0.2, -0.15) is 0 Å². The van der Waals surface area contributed by atoms with Crippen molar-refractivity contribution in [1.82, 2.24) is 24.9 Å². The van der Waals surface area contributed by atoms with E-state index in [1.54, 1.807) is 7.11 Å². The van der Waals surface area contributed by atoms with Crippen LogP contribution in [-0.2, 0) is 0 Å². The van der Waals surface area contributed by atoms with Crippen LogP contribution < -0.4 is 4.74 Å². The van der Waals surface area contributed by atoms with Crippen molar-refractivity contribution in [2.45, 2.75) is 6.92 Å². The summed E-state index contributed by atoms with van der Waals surface area (Å²) < 4.78 is 5.54. The number of hydrogen-bond acceptors (Lipinski definition) is 4. The van der Waals surface area contributed by atoms with Gasteiger partial charge in [0.15, 0.2) is 0 Å². The molecule has 0 radical (unpaired) electrons. The van der Waals surface area contributed by atoms with E-state index in [2.05, 4.69) is 142 Å². The monoisotopic (exact) mass is 724 g/mol. The number of ether oxygens (including phenoxy) is 1. The molecule has 7 nitrogen and oxygen atoms in total. The molecule has 0 spiro atoms. The van der Waals surface area contributed by atoms with Gasteiger partial charge in [-0.1, -0.05) is 66.7 Å². The maximum Gasteiger partial charge on any atom is 0.118 e. The molecule has 8 bridgehead atoms. The van der Waals surface area contributed by atoms with Crippen LogP contribution in [0.3, 0.4) is 0 Å². The SMILES string of the molecule is COc1ccc(-c2c3nc(c(-c4ccc(/C(=C5\C=CC=N5)c5ccc[nH]5)cc4)c4ccc([nH]4)c(C)c4nc(c(-c5ccccc5)c5ccc2[nH]5)C=C4)C=C3)cc1. The Morgan fingerprint density at radius 2 is 1.09 bits per heavy atom. The third-order valence-electron chi connectivity index (χ3n) is 10.6. The molecule has 56 heavy (non-hydrogen) atoms. The lowest BCUT2D eigenvalue weighted by atomic mass is 9.96. The number of H-pyrrole nitrogens is 3. The molecule has 0 saturated heterocycles. The number of rotatable bonds is 6.